The van der Waals surface area contributed by atoms with Crippen molar-refractivity contribution in [1.29, 1.82) is 0 Å². The highest BCUT2D eigenvalue weighted by Gasteiger charge is 2.38. The fraction of sp³-hybridized carbons (Fsp3) is 0.500. The Bertz CT molecular complexity index is 486. The Balaban J connectivity index is 1.94. The lowest BCUT2D eigenvalue weighted by molar-refractivity contribution is 0.250. The van der Waals surface area contributed by atoms with Gasteiger partial charge in [-0.25, -0.2) is 0 Å². The standard InChI is InChI=1S/C12H15N3OS/c1-2-12(5-3-6-13-12)11-14-10(15-16-11)9-4-7-17-8-9/h4,7-8,13H,2-3,5-6H2,1H3. The van der Waals surface area contributed by atoms with E-state index in [9.17, 15) is 0 Å². The molecule has 1 unspecified atom stereocenters. The number of nitrogens with zero attached hydrogens (tertiary/aromatic N) is 2. The van der Waals surface area contributed by atoms with E-state index in [0.29, 0.717) is 5.82 Å². The number of hydrogen-bond acceptors (Lipinski definition) is 5. The van der Waals surface area contributed by atoms with Crippen molar-refractivity contribution in [2.24, 2.45) is 0 Å². The fourth-order valence-corrected chi connectivity index (χ4v) is 3.00. The lowest BCUT2D eigenvalue weighted by atomic mass is 9.94. The summed E-state index contributed by atoms with van der Waals surface area (Å²) in [4.78, 5) is 4.54. The molecule has 1 aliphatic heterocycles. The molecule has 5 heteroatoms. The molecule has 0 bridgehead atoms. The Labute approximate surface area is 104 Å². The Morgan fingerprint density at radius 3 is 3.18 bits per heavy atom. The van der Waals surface area contributed by atoms with Crippen LogP contribution in [-0.4, -0.2) is 16.7 Å². The summed E-state index contributed by atoms with van der Waals surface area (Å²) in [6.45, 7) is 3.19. The van der Waals surface area contributed by atoms with Crippen LogP contribution in [0.15, 0.2) is 21.3 Å². The maximum atomic E-state index is 5.45. The van der Waals surface area contributed by atoms with Crippen LogP contribution < -0.4 is 5.32 Å². The van der Waals surface area contributed by atoms with Crippen molar-refractivity contribution in [3.05, 3.63) is 22.7 Å². The molecular weight excluding hydrogens is 234 g/mol. The fourth-order valence-electron chi connectivity index (χ4n) is 2.37. The molecule has 0 saturated carbocycles. The minimum absolute atomic E-state index is 0.0960. The number of aromatic nitrogens is 2. The molecule has 1 atom stereocenters. The first-order valence-corrected chi connectivity index (χ1v) is 6.90. The summed E-state index contributed by atoms with van der Waals surface area (Å²) in [6.07, 6.45) is 3.23. The van der Waals surface area contributed by atoms with E-state index in [-0.39, 0.29) is 5.54 Å². The van der Waals surface area contributed by atoms with Gasteiger partial charge in [0, 0.05) is 10.9 Å². The van der Waals surface area contributed by atoms with E-state index in [1.807, 2.05) is 16.8 Å². The van der Waals surface area contributed by atoms with Crippen molar-refractivity contribution in [2.75, 3.05) is 6.54 Å². The van der Waals surface area contributed by atoms with Crippen LogP contribution in [0.1, 0.15) is 32.1 Å². The van der Waals surface area contributed by atoms with E-state index in [0.717, 1.165) is 30.8 Å². The van der Waals surface area contributed by atoms with Gasteiger partial charge in [0.25, 0.3) is 0 Å². The van der Waals surface area contributed by atoms with Crippen LogP contribution in [0.5, 0.6) is 0 Å². The molecule has 4 nitrogen and oxygen atoms in total. The second-order valence-corrected chi connectivity index (χ2v) is 5.18. The van der Waals surface area contributed by atoms with E-state index in [4.69, 9.17) is 4.52 Å². The van der Waals surface area contributed by atoms with Crippen LogP contribution in [0.25, 0.3) is 11.4 Å². The summed E-state index contributed by atoms with van der Waals surface area (Å²) in [6, 6.07) is 2.01. The second kappa shape index (κ2) is 4.23. The van der Waals surface area contributed by atoms with Gasteiger partial charge in [-0.1, -0.05) is 12.1 Å². The maximum Gasteiger partial charge on any atom is 0.247 e. The van der Waals surface area contributed by atoms with Gasteiger partial charge in [0.1, 0.15) is 0 Å². The smallest absolute Gasteiger partial charge is 0.247 e. The third kappa shape index (κ3) is 1.79. The van der Waals surface area contributed by atoms with Gasteiger partial charge in [-0.2, -0.15) is 16.3 Å². The number of nitrogens with one attached hydrogen (secondary N) is 1. The average Bonchev–Trinajstić information content (AvgIpc) is 3.10. The summed E-state index contributed by atoms with van der Waals surface area (Å²) in [5.74, 6) is 1.43. The zero-order valence-electron chi connectivity index (χ0n) is 9.77. The average molecular weight is 249 g/mol. The second-order valence-electron chi connectivity index (χ2n) is 4.40. The van der Waals surface area contributed by atoms with E-state index >= 15 is 0 Å². The van der Waals surface area contributed by atoms with Crippen molar-refractivity contribution in [3.63, 3.8) is 0 Å². The Morgan fingerprint density at radius 1 is 1.59 bits per heavy atom. The van der Waals surface area contributed by atoms with Crippen LogP contribution in [0.4, 0.5) is 0 Å². The van der Waals surface area contributed by atoms with Crippen molar-refractivity contribution in [3.8, 4) is 11.4 Å². The highest BCUT2D eigenvalue weighted by Crippen LogP contribution is 2.33. The molecule has 90 valence electrons. The van der Waals surface area contributed by atoms with Gasteiger partial charge < -0.3 is 9.84 Å². The van der Waals surface area contributed by atoms with Gasteiger partial charge in [0.15, 0.2) is 0 Å². The highest BCUT2D eigenvalue weighted by atomic mass is 32.1. The van der Waals surface area contributed by atoms with E-state index in [2.05, 4.69) is 22.4 Å². The molecule has 1 saturated heterocycles. The maximum absolute atomic E-state index is 5.45. The third-order valence-corrected chi connectivity index (χ3v) is 4.15. The third-order valence-electron chi connectivity index (χ3n) is 3.46. The van der Waals surface area contributed by atoms with Gasteiger partial charge >= 0.3 is 0 Å². The van der Waals surface area contributed by atoms with Gasteiger partial charge in [-0.05, 0) is 37.3 Å². The van der Waals surface area contributed by atoms with Crippen molar-refractivity contribution in [2.45, 2.75) is 31.7 Å². The summed E-state index contributed by atoms with van der Waals surface area (Å²) in [5.41, 5.74) is 0.940. The van der Waals surface area contributed by atoms with Gasteiger partial charge in [0.2, 0.25) is 11.7 Å². The van der Waals surface area contributed by atoms with E-state index in [1.165, 1.54) is 6.42 Å². The molecule has 1 N–H and O–H groups in total. The molecule has 17 heavy (non-hydrogen) atoms. The summed E-state index contributed by atoms with van der Waals surface area (Å²) in [7, 11) is 0. The number of thiophene rings is 1. The molecule has 0 amide bonds. The lowest BCUT2D eigenvalue weighted by Gasteiger charge is -2.22. The molecular formula is C12H15N3OS. The van der Waals surface area contributed by atoms with Crippen LogP contribution in [0.2, 0.25) is 0 Å². The van der Waals surface area contributed by atoms with E-state index in [1.54, 1.807) is 11.3 Å². The normalized spacial score (nSPS) is 24.3. The van der Waals surface area contributed by atoms with Crippen LogP contribution in [0, 0.1) is 0 Å². The first-order valence-electron chi connectivity index (χ1n) is 5.96. The van der Waals surface area contributed by atoms with Gasteiger partial charge in [-0.15, -0.1) is 0 Å². The minimum atomic E-state index is -0.0960. The largest absolute Gasteiger partial charge is 0.337 e. The molecule has 2 aromatic rings. The lowest BCUT2D eigenvalue weighted by Crippen LogP contribution is -2.36. The Morgan fingerprint density at radius 2 is 2.53 bits per heavy atom. The monoisotopic (exact) mass is 249 g/mol. The van der Waals surface area contributed by atoms with Crippen molar-refractivity contribution >= 4 is 11.3 Å². The van der Waals surface area contributed by atoms with Gasteiger partial charge in [0.05, 0.1) is 5.54 Å². The molecule has 3 heterocycles. The van der Waals surface area contributed by atoms with Crippen LogP contribution in [0.3, 0.4) is 0 Å². The molecule has 2 aromatic heterocycles. The predicted molar refractivity (Wildman–Crippen MR) is 66.8 cm³/mol. The number of rotatable bonds is 3. The first-order chi connectivity index (χ1) is 8.34. The summed E-state index contributed by atoms with van der Waals surface area (Å²) in [5, 5.41) is 11.6. The Kier molecular flexibility index (Phi) is 2.72. The quantitative estimate of drug-likeness (QED) is 0.908. The Hall–Kier alpha value is -1.20. The van der Waals surface area contributed by atoms with E-state index < -0.39 is 0 Å². The molecule has 1 aliphatic rings. The van der Waals surface area contributed by atoms with Crippen LogP contribution >= 0.6 is 11.3 Å². The zero-order valence-corrected chi connectivity index (χ0v) is 10.6. The summed E-state index contributed by atoms with van der Waals surface area (Å²) >= 11 is 1.64. The first kappa shape index (κ1) is 10.9. The van der Waals surface area contributed by atoms with Crippen molar-refractivity contribution in [1.82, 2.24) is 15.5 Å². The summed E-state index contributed by atoms with van der Waals surface area (Å²) < 4.78 is 5.45. The molecule has 1 fully saturated rings. The molecule has 0 spiro atoms. The number of hydrogen-bond donors (Lipinski definition) is 1. The topological polar surface area (TPSA) is 51.0 Å². The molecule has 3 rings (SSSR count). The highest BCUT2D eigenvalue weighted by molar-refractivity contribution is 7.08. The zero-order chi connectivity index (χ0) is 11.7. The molecule has 0 aliphatic carbocycles. The van der Waals surface area contributed by atoms with Crippen molar-refractivity contribution < 1.29 is 4.52 Å². The molecule has 0 radical (unpaired) electrons. The minimum Gasteiger partial charge on any atom is -0.337 e. The SMILES string of the molecule is CCC1(c2nc(-c3ccsc3)no2)CCCN1. The van der Waals surface area contributed by atoms with Crippen LogP contribution in [-0.2, 0) is 5.54 Å². The van der Waals surface area contributed by atoms with Gasteiger partial charge in [-0.3, -0.25) is 0 Å². The predicted octanol–water partition coefficient (Wildman–Crippen LogP) is 2.79. The molecule has 0 aromatic carbocycles.